The topological polar surface area (TPSA) is 32.0 Å². The molecule has 1 unspecified atom stereocenters. The van der Waals surface area contributed by atoms with E-state index < -0.39 is 0 Å². The third kappa shape index (κ3) is 1.98. The molecule has 2 aromatic heterocycles. The highest BCUT2D eigenvalue weighted by Gasteiger charge is 2.21. The van der Waals surface area contributed by atoms with E-state index in [9.17, 15) is 0 Å². The van der Waals surface area contributed by atoms with Gasteiger partial charge in [-0.3, -0.25) is 0 Å². The quantitative estimate of drug-likeness (QED) is 0.736. The Kier molecular flexibility index (Phi) is 3.04. The van der Waals surface area contributed by atoms with E-state index in [1.807, 2.05) is 6.20 Å². The van der Waals surface area contributed by atoms with Gasteiger partial charge in [0.2, 0.25) is 0 Å². The molecule has 0 aliphatic carbocycles. The second kappa shape index (κ2) is 5.04. The zero-order chi connectivity index (χ0) is 14.2. The molecule has 0 spiro atoms. The van der Waals surface area contributed by atoms with Crippen molar-refractivity contribution in [3.63, 3.8) is 0 Å². The van der Waals surface area contributed by atoms with Crippen LogP contribution in [0.1, 0.15) is 19.4 Å². The minimum absolute atomic E-state index is 0.408. The molecule has 21 heavy (non-hydrogen) atoms. The van der Waals surface area contributed by atoms with Gasteiger partial charge in [-0.05, 0) is 25.5 Å². The van der Waals surface area contributed by atoms with Crippen molar-refractivity contribution in [3.05, 3.63) is 42.9 Å². The fraction of sp³-hybridized carbons (Fsp3) is 0.353. The van der Waals surface area contributed by atoms with Crippen molar-refractivity contribution < 1.29 is 4.74 Å². The highest BCUT2D eigenvalue weighted by atomic mass is 16.5. The number of hydrogen-bond acceptors (Lipinski definition) is 2. The zero-order valence-corrected chi connectivity index (χ0v) is 12.2. The summed E-state index contributed by atoms with van der Waals surface area (Å²) in [6.45, 7) is 4.79. The smallest absolute Gasteiger partial charge is 0.140 e. The summed E-state index contributed by atoms with van der Waals surface area (Å²) >= 11 is 0. The summed E-state index contributed by atoms with van der Waals surface area (Å²) < 4.78 is 10.1. The molecular formula is C17H19N3O. The molecule has 1 aliphatic rings. The number of ether oxygens (including phenoxy) is 1. The van der Waals surface area contributed by atoms with Crippen LogP contribution >= 0.6 is 0 Å². The summed E-state index contributed by atoms with van der Waals surface area (Å²) in [5, 5.41) is 1.27. The van der Waals surface area contributed by atoms with Gasteiger partial charge in [-0.2, -0.15) is 0 Å². The van der Waals surface area contributed by atoms with Gasteiger partial charge in [0.05, 0.1) is 12.6 Å². The summed E-state index contributed by atoms with van der Waals surface area (Å²) in [4.78, 5) is 4.61. The van der Waals surface area contributed by atoms with E-state index in [1.165, 1.54) is 16.5 Å². The van der Waals surface area contributed by atoms with Crippen molar-refractivity contribution >= 4 is 10.9 Å². The molecule has 4 heteroatoms. The van der Waals surface area contributed by atoms with Crippen molar-refractivity contribution in [3.8, 4) is 11.4 Å². The summed E-state index contributed by atoms with van der Waals surface area (Å²) in [5.41, 5.74) is 2.48. The Labute approximate surface area is 124 Å². The molecule has 3 aromatic rings. The average Bonchev–Trinajstić information content (AvgIpc) is 3.25. The Morgan fingerprint density at radius 3 is 3.05 bits per heavy atom. The fourth-order valence-corrected chi connectivity index (χ4v) is 3.25. The number of imidazole rings is 1. The van der Waals surface area contributed by atoms with Crippen LogP contribution in [-0.2, 0) is 11.3 Å². The first kappa shape index (κ1) is 12.7. The monoisotopic (exact) mass is 281 g/mol. The van der Waals surface area contributed by atoms with Crippen LogP contribution in [-0.4, -0.2) is 27.3 Å². The van der Waals surface area contributed by atoms with Crippen LogP contribution in [0.3, 0.4) is 0 Å². The Bertz CT molecular complexity index is 765. The fourth-order valence-electron chi connectivity index (χ4n) is 3.25. The van der Waals surface area contributed by atoms with Crippen molar-refractivity contribution in [1.29, 1.82) is 0 Å². The molecule has 4 rings (SSSR count). The highest BCUT2D eigenvalue weighted by Crippen LogP contribution is 2.31. The Balaban J connectivity index is 1.87. The van der Waals surface area contributed by atoms with Gasteiger partial charge < -0.3 is 13.9 Å². The van der Waals surface area contributed by atoms with Crippen LogP contribution in [0.2, 0.25) is 0 Å². The molecule has 1 fully saturated rings. The number of aryl methyl sites for hydroxylation is 1. The minimum atomic E-state index is 0.408. The normalized spacial score (nSPS) is 18.6. The van der Waals surface area contributed by atoms with Crippen LogP contribution in [0.5, 0.6) is 0 Å². The number of nitrogens with zero attached hydrogens (tertiary/aromatic N) is 3. The Hall–Kier alpha value is -2.07. The molecule has 0 amide bonds. The molecule has 0 bridgehead atoms. The molecule has 0 radical (unpaired) electrons. The van der Waals surface area contributed by atoms with E-state index in [0.29, 0.717) is 6.04 Å². The van der Waals surface area contributed by atoms with Crippen molar-refractivity contribution in [2.75, 3.05) is 13.2 Å². The molecule has 0 saturated carbocycles. The largest absolute Gasteiger partial charge is 0.379 e. The van der Waals surface area contributed by atoms with Gasteiger partial charge in [-0.25, -0.2) is 4.98 Å². The summed E-state index contributed by atoms with van der Waals surface area (Å²) in [6.07, 6.45) is 7.18. The maximum Gasteiger partial charge on any atom is 0.140 e. The molecule has 3 heterocycles. The van der Waals surface area contributed by atoms with Crippen molar-refractivity contribution in [2.45, 2.75) is 25.9 Å². The molecule has 1 aromatic carbocycles. The molecule has 1 aliphatic heterocycles. The first-order chi connectivity index (χ1) is 10.4. The third-order valence-corrected chi connectivity index (χ3v) is 4.36. The van der Waals surface area contributed by atoms with Gasteiger partial charge in [-0.1, -0.05) is 12.1 Å². The molecule has 0 N–H and O–H groups in total. The van der Waals surface area contributed by atoms with Gasteiger partial charge in [0, 0.05) is 48.2 Å². The SMILES string of the molecule is CCn1ccc2c(-c3nccn3C3CCOC3)cccc21. The first-order valence-corrected chi connectivity index (χ1v) is 7.57. The van der Waals surface area contributed by atoms with Crippen LogP contribution in [0.4, 0.5) is 0 Å². The standard InChI is InChI=1S/C17H19N3O/c1-2-19-9-6-14-15(4-3-5-16(14)19)17-18-8-10-20(17)13-7-11-21-12-13/h3-6,8-10,13H,2,7,11-12H2,1H3. The van der Waals surface area contributed by atoms with Gasteiger partial charge in [-0.15, -0.1) is 0 Å². The maximum atomic E-state index is 5.53. The second-order valence-corrected chi connectivity index (χ2v) is 5.52. The first-order valence-electron chi connectivity index (χ1n) is 7.57. The third-order valence-electron chi connectivity index (χ3n) is 4.36. The lowest BCUT2D eigenvalue weighted by Gasteiger charge is -2.14. The van der Waals surface area contributed by atoms with E-state index in [1.54, 1.807) is 0 Å². The minimum Gasteiger partial charge on any atom is -0.379 e. The van der Waals surface area contributed by atoms with E-state index >= 15 is 0 Å². The lowest BCUT2D eigenvalue weighted by Crippen LogP contribution is -2.09. The summed E-state index contributed by atoms with van der Waals surface area (Å²) in [6, 6.07) is 9.06. The lowest BCUT2D eigenvalue weighted by atomic mass is 10.1. The molecule has 108 valence electrons. The summed E-state index contributed by atoms with van der Waals surface area (Å²) in [5.74, 6) is 1.05. The molecule has 1 atom stereocenters. The second-order valence-electron chi connectivity index (χ2n) is 5.52. The summed E-state index contributed by atoms with van der Waals surface area (Å²) in [7, 11) is 0. The average molecular weight is 281 g/mol. The number of aromatic nitrogens is 3. The molecule has 4 nitrogen and oxygen atoms in total. The number of rotatable bonds is 3. The van der Waals surface area contributed by atoms with Crippen LogP contribution in [0.25, 0.3) is 22.3 Å². The molecular weight excluding hydrogens is 262 g/mol. The van der Waals surface area contributed by atoms with Gasteiger partial charge in [0.25, 0.3) is 0 Å². The predicted molar refractivity (Wildman–Crippen MR) is 83.3 cm³/mol. The molecule has 1 saturated heterocycles. The maximum absolute atomic E-state index is 5.53. The van der Waals surface area contributed by atoms with Crippen molar-refractivity contribution in [2.24, 2.45) is 0 Å². The highest BCUT2D eigenvalue weighted by molar-refractivity contribution is 5.94. The van der Waals surface area contributed by atoms with E-state index in [0.717, 1.165) is 32.0 Å². The van der Waals surface area contributed by atoms with Gasteiger partial charge in [0.15, 0.2) is 0 Å². The lowest BCUT2D eigenvalue weighted by molar-refractivity contribution is 0.187. The predicted octanol–water partition coefficient (Wildman–Crippen LogP) is 3.49. The van der Waals surface area contributed by atoms with Gasteiger partial charge >= 0.3 is 0 Å². The van der Waals surface area contributed by atoms with E-state index in [4.69, 9.17) is 4.74 Å². The van der Waals surface area contributed by atoms with Gasteiger partial charge in [0.1, 0.15) is 5.82 Å². The van der Waals surface area contributed by atoms with E-state index in [-0.39, 0.29) is 0 Å². The van der Waals surface area contributed by atoms with Crippen LogP contribution in [0.15, 0.2) is 42.9 Å². The van der Waals surface area contributed by atoms with Crippen LogP contribution < -0.4 is 0 Å². The Morgan fingerprint density at radius 2 is 2.24 bits per heavy atom. The van der Waals surface area contributed by atoms with Crippen LogP contribution in [0, 0.1) is 0 Å². The van der Waals surface area contributed by atoms with Crippen molar-refractivity contribution in [1.82, 2.24) is 14.1 Å². The number of benzene rings is 1. The Morgan fingerprint density at radius 1 is 1.29 bits per heavy atom. The van der Waals surface area contributed by atoms with E-state index in [2.05, 4.69) is 57.7 Å². The number of fused-ring (bicyclic) bond motifs is 1. The zero-order valence-electron chi connectivity index (χ0n) is 12.2. The number of hydrogen-bond donors (Lipinski definition) is 0.